The molecule has 4 rings (SSSR count). The molecule has 2 N–H and O–H groups in total. The molecule has 1 aliphatic rings. The first-order valence-corrected chi connectivity index (χ1v) is 11.2. The van der Waals surface area contributed by atoms with Gasteiger partial charge in [0.25, 0.3) is 5.91 Å². The van der Waals surface area contributed by atoms with Gasteiger partial charge in [0.05, 0.1) is 19.8 Å². The van der Waals surface area contributed by atoms with Crippen molar-refractivity contribution in [1.82, 2.24) is 19.1 Å². The van der Waals surface area contributed by atoms with Gasteiger partial charge in [-0.3, -0.25) is 9.48 Å². The molecule has 0 saturated carbocycles. The first-order chi connectivity index (χ1) is 15.0. The van der Waals surface area contributed by atoms with E-state index in [2.05, 4.69) is 15.4 Å². The molecule has 3 heterocycles. The normalized spacial score (nSPS) is 15.0. The molecule has 0 bridgehead atoms. The van der Waals surface area contributed by atoms with E-state index in [-0.39, 0.29) is 10.6 Å². The van der Waals surface area contributed by atoms with Crippen LogP contribution in [0.5, 0.6) is 5.75 Å². The van der Waals surface area contributed by atoms with Crippen molar-refractivity contribution in [3.05, 3.63) is 60.7 Å². The molecule has 1 aromatic carbocycles. The number of carbonyl (C=O) groups is 1. The monoisotopic (exact) mass is 445 g/mol. The van der Waals surface area contributed by atoms with Gasteiger partial charge in [-0.25, -0.2) is 8.42 Å². The highest BCUT2D eigenvalue weighted by atomic mass is 32.2. The Morgan fingerprint density at radius 1 is 1.23 bits per heavy atom. The number of aromatic nitrogens is 3. The second-order valence-electron chi connectivity index (χ2n) is 6.87. The summed E-state index contributed by atoms with van der Waals surface area (Å²) in [6, 6.07) is 10.2. The second kappa shape index (κ2) is 9.33. The summed E-state index contributed by atoms with van der Waals surface area (Å²) in [5.41, 5.74) is 0.686. The fraction of sp³-hybridized carbons (Fsp3) is 0.300. The Balaban J connectivity index is 1.37. The second-order valence-corrected chi connectivity index (χ2v) is 8.80. The van der Waals surface area contributed by atoms with Crippen LogP contribution in [-0.2, 0) is 21.3 Å². The van der Waals surface area contributed by atoms with E-state index in [1.807, 2.05) is 12.3 Å². The maximum atomic E-state index is 12.7. The zero-order valence-corrected chi connectivity index (χ0v) is 17.5. The minimum Gasteiger partial charge on any atom is -0.492 e. The van der Waals surface area contributed by atoms with E-state index in [9.17, 15) is 13.2 Å². The number of H-pyrrole nitrogens is 1. The summed E-state index contributed by atoms with van der Waals surface area (Å²) in [7, 11) is -3.67. The lowest BCUT2D eigenvalue weighted by molar-refractivity contribution is 0.0730. The van der Waals surface area contributed by atoms with Gasteiger partial charge in [0.2, 0.25) is 10.0 Å². The Kier molecular flexibility index (Phi) is 6.35. The summed E-state index contributed by atoms with van der Waals surface area (Å²) in [4.78, 5) is 15.4. The quantitative estimate of drug-likeness (QED) is 0.543. The van der Waals surface area contributed by atoms with Crippen LogP contribution in [-0.4, -0.2) is 66.3 Å². The molecule has 11 heteroatoms. The predicted octanol–water partition coefficient (Wildman–Crippen LogP) is 1.56. The van der Waals surface area contributed by atoms with Crippen molar-refractivity contribution in [3.8, 4) is 5.75 Å². The summed E-state index contributed by atoms with van der Waals surface area (Å²) in [5.74, 6) is 0.157. The molecule has 10 nitrogen and oxygen atoms in total. The topological polar surface area (TPSA) is 119 Å². The predicted molar refractivity (Wildman–Crippen MR) is 112 cm³/mol. The summed E-state index contributed by atoms with van der Waals surface area (Å²) in [6.07, 6.45) is 4.88. The fourth-order valence-corrected chi connectivity index (χ4v) is 4.54. The molecule has 0 radical (unpaired) electrons. The van der Waals surface area contributed by atoms with E-state index in [1.165, 1.54) is 16.6 Å². The van der Waals surface area contributed by atoms with Crippen LogP contribution < -0.4 is 10.1 Å². The van der Waals surface area contributed by atoms with Gasteiger partial charge in [-0.2, -0.15) is 9.40 Å². The molecule has 0 atom stereocenters. The minimum absolute atomic E-state index is 0.0512. The molecule has 0 unspecified atom stereocenters. The Labute approximate surface area is 179 Å². The van der Waals surface area contributed by atoms with Gasteiger partial charge in [-0.1, -0.05) is 6.07 Å². The summed E-state index contributed by atoms with van der Waals surface area (Å²) in [6.45, 7) is 2.34. The molecule has 1 amide bonds. The third kappa shape index (κ3) is 5.13. The van der Waals surface area contributed by atoms with E-state index in [0.717, 1.165) is 0 Å². The molecule has 1 aliphatic heterocycles. The van der Waals surface area contributed by atoms with Gasteiger partial charge < -0.3 is 19.8 Å². The van der Waals surface area contributed by atoms with Crippen molar-refractivity contribution in [2.24, 2.45) is 0 Å². The Bertz CT molecular complexity index is 1120. The molecule has 0 spiro atoms. The standard InChI is InChI=1S/C20H23N5O5S/c26-20(19-14-18(15-21-19)31(27,28)25-8-10-29-11-9-25)23-16-3-1-4-17(13-16)30-12-7-24-6-2-5-22-24/h1-6,13-15,21H,7-12H2,(H,23,26). The summed E-state index contributed by atoms with van der Waals surface area (Å²) < 4.78 is 39.4. The molecule has 164 valence electrons. The van der Waals surface area contributed by atoms with Crippen molar-refractivity contribution in [2.45, 2.75) is 11.4 Å². The van der Waals surface area contributed by atoms with Gasteiger partial charge in [-0.05, 0) is 24.3 Å². The van der Waals surface area contributed by atoms with Crippen molar-refractivity contribution >= 4 is 21.6 Å². The van der Waals surface area contributed by atoms with Gasteiger partial charge in [0.15, 0.2) is 0 Å². The van der Waals surface area contributed by atoms with Crippen LogP contribution in [0.25, 0.3) is 0 Å². The van der Waals surface area contributed by atoms with Crippen LogP contribution in [0, 0.1) is 0 Å². The number of anilines is 1. The third-order valence-electron chi connectivity index (χ3n) is 4.75. The lowest BCUT2D eigenvalue weighted by Crippen LogP contribution is -2.40. The smallest absolute Gasteiger partial charge is 0.272 e. The molecule has 31 heavy (non-hydrogen) atoms. The fourth-order valence-electron chi connectivity index (χ4n) is 3.14. The van der Waals surface area contributed by atoms with E-state index in [4.69, 9.17) is 9.47 Å². The number of hydrogen-bond donors (Lipinski definition) is 2. The number of nitrogens with zero attached hydrogens (tertiary/aromatic N) is 3. The van der Waals surface area contributed by atoms with Crippen molar-refractivity contribution in [3.63, 3.8) is 0 Å². The van der Waals surface area contributed by atoms with E-state index in [1.54, 1.807) is 35.1 Å². The number of nitrogens with one attached hydrogen (secondary N) is 2. The van der Waals surface area contributed by atoms with Crippen LogP contribution in [0.4, 0.5) is 5.69 Å². The first-order valence-electron chi connectivity index (χ1n) is 9.80. The molecule has 3 aromatic rings. The Hall–Kier alpha value is -3.15. The number of sulfonamides is 1. The maximum Gasteiger partial charge on any atom is 0.272 e. The summed E-state index contributed by atoms with van der Waals surface area (Å²) >= 11 is 0. The van der Waals surface area contributed by atoms with E-state index >= 15 is 0 Å². The van der Waals surface area contributed by atoms with Crippen LogP contribution in [0.2, 0.25) is 0 Å². The lowest BCUT2D eigenvalue weighted by Gasteiger charge is -2.25. The van der Waals surface area contributed by atoms with E-state index in [0.29, 0.717) is 50.9 Å². The highest BCUT2D eigenvalue weighted by Gasteiger charge is 2.28. The Morgan fingerprint density at radius 2 is 2.06 bits per heavy atom. The van der Waals surface area contributed by atoms with Crippen molar-refractivity contribution in [2.75, 3.05) is 38.2 Å². The highest BCUT2D eigenvalue weighted by molar-refractivity contribution is 7.89. The highest BCUT2D eigenvalue weighted by Crippen LogP contribution is 2.21. The molecular weight excluding hydrogens is 422 g/mol. The van der Waals surface area contributed by atoms with E-state index < -0.39 is 15.9 Å². The number of morpholine rings is 1. The minimum atomic E-state index is -3.67. The number of benzene rings is 1. The SMILES string of the molecule is O=C(Nc1cccc(OCCn2cccn2)c1)c1cc(S(=O)(=O)N2CCOCC2)c[nH]1. The molecular formula is C20H23N5O5S. The molecule has 1 saturated heterocycles. The number of rotatable bonds is 8. The van der Waals surface area contributed by atoms with Gasteiger partial charge >= 0.3 is 0 Å². The van der Waals surface area contributed by atoms with Crippen molar-refractivity contribution < 1.29 is 22.7 Å². The van der Waals surface area contributed by atoms with Crippen LogP contribution in [0.3, 0.4) is 0 Å². The van der Waals surface area contributed by atoms with Crippen molar-refractivity contribution in [1.29, 1.82) is 0 Å². The van der Waals surface area contributed by atoms with Gasteiger partial charge in [0, 0.05) is 43.4 Å². The number of ether oxygens (including phenoxy) is 2. The van der Waals surface area contributed by atoms with Gasteiger partial charge in [0.1, 0.15) is 22.9 Å². The number of aromatic amines is 1. The third-order valence-corrected chi connectivity index (χ3v) is 6.63. The van der Waals surface area contributed by atoms with Gasteiger partial charge in [-0.15, -0.1) is 0 Å². The number of carbonyl (C=O) groups excluding carboxylic acids is 1. The zero-order chi connectivity index (χ0) is 21.7. The lowest BCUT2D eigenvalue weighted by atomic mass is 10.3. The largest absolute Gasteiger partial charge is 0.492 e. The number of amides is 1. The Morgan fingerprint density at radius 3 is 2.84 bits per heavy atom. The first kappa shape index (κ1) is 21.1. The molecule has 0 aliphatic carbocycles. The van der Waals surface area contributed by atoms with Crippen LogP contribution in [0.1, 0.15) is 10.5 Å². The maximum absolute atomic E-state index is 12.7. The molecule has 2 aromatic heterocycles. The average molecular weight is 446 g/mol. The zero-order valence-electron chi connectivity index (χ0n) is 16.7. The number of hydrogen-bond acceptors (Lipinski definition) is 6. The average Bonchev–Trinajstić information content (AvgIpc) is 3.47. The van der Waals surface area contributed by atoms with Crippen LogP contribution in [0.15, 0.2) is 59.9 Å². The van der Waals surface area contributed by atoms with Crippen LogP contribution >= 0.6 is 0 Å². The molecule has 1 fully saturated rings. The summed E-state index contributed by atoms with van der Waals surface area (Å²) in [5, 5.41) is 6.86.